The van der Waals surface area contributed by atoms with Gasteiger partial charge in [0.25, 0.3) is 0 Å². The van der Waals surface area contributed by atoms with Crippen LogP contribution in [0.2, 0.25) is 0 Å². The highest BCUT2D eigenvalue weighted by Crippen LogP contribution is 2.57. The number of benzene rings is 3. The first-order valence-electron chi connectivity index (χ1n) is 13.6. The summed E-state index contributed by atoms with van der Waals surface area (Å²) in [5, 5.41) is 25.7. The molecule has 1 aliphatic carbocycles. The second kappa shape index (κ2) is 10.7. The number of nitrogens with two attached hydrogens (primary N) is 1. The highest BCUT2D eigenvalue weighted by atomic mass is 19.4. The summed E-state index contributed by atoms with van der Waals surface area (Å²) in [7, 11) is 0. The van der Waals surface area contributed by atoms with Gasteiger partial charge in [-0.05, 0) is 66.3 Å². The van der Waals surface area contributed by atoms with Gasteiger partial charge in [-0.2, -0.15) is 13.2 Å². The summed E-state index contributed by atoms with van der Waals surface area (Å²) in [6, 6.07) is 15.5. The molecule has 3 aromatic carbocycles. The number of aromatic hydroxyl groups is 1. The fraction of sp³-hybridized carbons (Fsp3) is 0.250. The minimum Gasteiger partial charge on any atom is -0.505 e. The number of phenolic OH excluding ortho intramolecular Hbond substituents is 1. The van der Waals surface area contributed by atoms with Gasteiger partial charge in [0, 0.05) is 39.8 Å². The van der Waals surface area contributed by atoms with Crippen molar-refractivity contribution in [2.45, 2.75) is 50.4 Å². The molecule has 230 valence electrons. The average molecular weight is 611 g/mol. The molecule has 8 nitrogen and oxygen atoms in total. The van der Waals surface area contributed by atoms with Crippen molar-refractivity contribution < 1.29 is 27.8 Å². The maximum atomic E-state index is 14.5. The van der Waals surface area contributed by atoms with Crippen molar-refractivity contribution in [1.29, 1.82) is 0 Å². The molecule has 0 fully saturated rings. The molecular formula is C32H30F4N4O4. The molecule has 0 aliphatic heterocycles. The van der Waals surface area contributed by atoms with Gasteiger partial charge in [-0.15, -0.1) is 0 Å². The van der Waals surface area contributed by atoms with Crippen molar-refractivity contribution in [3.05, 3.63) is 110 Å². The van der Waals surface area contributed by atoms with E-state index in [0.717, 1.165) is 10.9 Å². The standard InChI is InChI=1S/C23H22F4N2O3.C9H8N2O/c1-11-9-13-17(19(31)18(11)24)21(2,3)10-22(32,23(25,26)27)20(13)29-15-6-4-5-14-12(15)7-8-16(30)28-14;10-7-2-1-3-8-6(7)4-5-9(12)11-8/h4-9,20,29,31-32H,10H2,1-3H3,(H,28,30);1-5H,10H2,(H,11,12). The Balaban J connectivity index is 0.000000266. The lowest BCUT2D eigenvalue weighted by molar-refractivity contribution is -0.276. The van der Waals surface area contributed by atoms with Crippen molar-refractivity contribution in [3.63, 3.8) is 0 Å². The molecule has 2 aromatic heterocycles. The first-order valence-corrected chi connectivity index (χ1v) is 13.6. The van der Waals surface area contributed by atoms with Gasteiger partial charge in [-0.1, -0.05) is 32.0 Å². The van der Waals surface area contributed by atoms with Crippen LogP contribution in [0.1, 0.15) is 43.0 Å². The van der Waals surface area contributed by atoms with Crippen LogP contribution in [0.25, 0.3) is 21.8 Å². The van der Waals surface area contributed by atoms with E-state index < -0.39 is 41.2 Å². The molecule has 0 amide bonds. The van der Waals surface area contributed by atoms with Gasteiger partial charge in [0.2, 0.25) is 11.1 Å². The predicted octanol–water partition coefficient (Wildman–Crippen LogP) is 5.92. The minimum absolute atomic E-state index is 0.0145. The number of fused-ring (bicyclic) bond motifs is 3. The Morgan fingerprint density at radius 1 is 0.932 bits per heavy atom. The van der Waals surface area contributed by atoms with Crippen molar-refractivity contribution >= 4 is 33.2 Å². The third kappa shape index (κ3) is 5.25. The van der Waals surface area contributed by atoms with E-state index in [9.17, 15) is 37.4 Å². The van der Waals surface area contributed by atoms with Gasteiger partial charge in [-0.25, -0.2) is 4.39 Å². The molecular weight excluding hydrogens is 580 g/mol. The fourth-order valence-corrected chi connectivity index (χ4v) is 6.00. The van der Waals surface area contributed by atoms with E-state index >= 15 is 0 Å². The van der Waals surface area contributed by atoms with Gasteiger partial charge in [0.15, 0.2) is 17.2 Å². The zero-order valence-corrected chi connectivity index (χ0v) is 23.9. The van der Waals surface area contributed by atoms with E-state index in [1.54, 1.807) is 24.3 Å². The van der Waals surface area contributed by atoms with Crippen LogP contribution in [0.15, 0.2) is 76.3 Å². The number of aliphatic hydroxyl groups is 1. The molecule has 0 saturated carbocycles. The van der Waals surface area contributed by atoms with Crippen LogP contribution in [-0.2, 0) is 5.41 Å². The first-order chi connectivity index (χ1) is 20.5. The molecule has 1 aliphatic rings. The zero-order chi connectivity index (χ0) is 32.2. The summed E-state index contributed by atoms with van der Waals surface area (Å²) < 4.78 is 57.4. The minimum atomic E-state index is -5.03. The molecule has 2 atom stereocenters. The summed E-state index contributed by atoms with van der Waals surface area (Å²) in [6.07, 6.45) is -5.83. The fourth-order valence-electron chi connectivity index (χ4n) is 6.00. The Morgan fingerprint density at radius 3 is 2.11 bits per heavy atom. The molecule has 7 N–H and O–H groups in total. The maximum Gasteiger partial charge on any atom is 0.419 e. The van der Waals surface area contributed by atoms with E-state index in [1.807, 2.05) is 12.1 Å². The molecule has 44 heavy (non-hydrogen) atoms. The number of aryl methyl sites for hydroxylation is 1. The number of hydrogen-bond acceptors (Lipinski definition) is 6. The summed E-state index contributed by atoms with van der Waals surface area (Å²) in [4.78, 5) is 27.8. The van der Waals surface area contributed by atoms with Gasteiger partial charge in [0.05, 0.1) is 17.1 Å². The average Bonchev–Trinajstić information content (AvgIpc) is 2.93. The van der Waals surface area contributed by atoms with Crippen molar-refractivity contribution in [2.24, 2.45) is 0 Å². The highest BCUT2D eigenvalue weighted by Gasteiger charge is 2.64. The number of aromatic nitrogens is 2. The number of nitrogen functional groups attached to an aromatic ring is 1. The maximum absolute atomic E-state index is 14.5. The van der Waals surface area contributed by atoms with Crippen molar-refractivity contribution in [1.82, 2.24) is 9.97 Å². The Hall–Kier alpha value is -4.84. The molecule has 2 heterocycles. The summed E-state index contributed by atoms with van der Waals surface area (Å²) in [5.74, 6) is -1.63. The van der Waals surface area contributed by atoms with Gasteiger partial charge in [0.1, 0.15) is 0 Å². The van der Waals surface area contributed by atoms with Gasteiger partial charge >= 0.3 is 6.18 Å². The molecule has 2 unspecified atom stereocenters. The van der Waals surface area contributed by atoms with Gasteiger partial charge < -0.3 is 31.2 Å². The largest absolute Gasteiger partial charge is 0.505 e. The number of phenols is 1. The van der Waals surface area contributed by atoms with Crippen LogP contribution in [0.4, 0.5) is 28.9 Å². The number of halogens is 4. The van der Waals surface area contributed by atoms with E-state index in [2.05, 4.69) is 15.3 Å². The topological polar surface area (TPSA) is 144 Å². The number of pyridine rings is 2. The first kappa shape index (κ1) is 30.6. The number of H-pyrrole nitrogens is 2. The van der Waals surface area contributed by atoms with Crippen LogP contribution in [0, 0.1) is 12.7 Å². The smallest absolute Gasteiger partial charge is 0.419 e. The van der Waals surface area contributed by atoms with Crippen LogP contribution < -0.4 is 22.2 Å². The van der Waals surface area contributed by atoms with E-state index in [0.29, 0.717) is 16.6 Å². The van der Waals surface area contributed by atoms with Crippen LogP contribution in [0.3, 0.4) is 0 Å². The second-order valence-electron chi connectivity index (χ2n) is 11.6. The predicted molar refractivity (Wildman–Crippen MR) is 161 cm³/mol. The highest BCUT2D eigenvalue weighted by molar-refractivity contribution is 5.91. The quantitative estimate of drug-likeness (QED) is 0.108. The zero-order valence-electron chi connectivity index (χ0n) is 23.9. The molecule has 0 saturated heterocycles. The van der Waals surface area contributed by atoms with Crippen LogP contribution in [-0.4, -0.2) is 32.0 Å². The molecule has 12 heteroatoms. The lowest BCUT2D eigenvalue weighted by Gasteiger charge is -2.49. The van der Waals surface area contributed by atoms with E-state index in [4.69, 9.17) is 5.73 Å². The van der Waals surface area contributed by atoms with Crippen molar-refractivity contribution in [3.8, 4) is 5.75 Å². The van der Waals surface area contributed by atoms with Gasteiger partial charge in [-0.3, -0.25) is 9.59 Å². The molecule has 6 rings (SSSR count). The lowest BCUT2D eigenvalue weighted by atomic mass is 9.63. The Labute approximate surface area is 248 Å². The number of nitrogens with one attached hydrogen (secondary N) is 3. The molecule has 0 radical (unpaired) electrons. The summed E-state index contributed by atoms with van der Waals surface area (Å²) >= 11 is 0. The van der Waals surface area contributed by atoms with E-state index in [1.165, 1.54) is 51.1 Å². The van der Waals surface area contributed by atoms with E-state index in [-0.39, 0.29) is 33.5 Å². The molecule has 0 spiro atoms. The molecule has 0 bridgehead atoms. The number of hydrogen-bond donors (Lipinski definition) is 6. The normalized spacial score (nSPS) is 19.2. The van der Waals surface area contributed by atoms with Crippen LogP contribution in [0.5, 0.6) is 5.75 Å². The lowest BCUT2D eigenvalue weighted by Crippen LogP contribution is -2.58. The summed E-state index contributed by atoms with van der Waals surface area (Å²) in [6.45, 7) is 4.19. The Bertz CT molecular complexity index is 2020. The number of aromatic amines is 2. The number of anilines is 2. The van der Waals surface area contributed by atoms with Crippen LogP contribution >= 0.6 is 0 Å². The monoisotopic (exact) mass is 610 g/mol. The number of rotatable bonds is 2. The SMILES string of the molecule is Cc1cc2c(c(O)c1F)C(C)(C)CC(O)(C(F)(F)F)C2Nc1cccc2[nH]c(=O)ccc12.Nc1cccc2[nH]c(=O)ccc12. The third-order valence-electron chi connectivity index (χ3n) is 7.98. The Kier molecular flexibility index (Phi) is 7.45. The van der Waals surface area contributed by atoms with Crippen molar-refractivity contribution in [2.75, 3.05) is 11.1 Å². The third-order valence-corrected chi connectivity index (χ3v) is 7.98. The Morgan fingerprint density at radius 2 is 1.50 bits per heavy atom. The second-order valence-corrected chi connectivity index (χ2v) is 11.6. The summed E-state index contributed by atoms with van der Waals surface area (Å²) in [5.41, 5.74) is 2.64. The number of alkyl halides is 3. The molecule has 5 aromatic rings.